The highest BCUT2D eigenvalue weighted by atomic mass is 32.2. The standard InChI is InChI=1S/C12H15F3N2OS/c1-7(5-18)6-19-10-3-2-8(12(13,14)15)4-9(10)11(16)17/h2-4,7,18H,5-6H2,1H3,(H3,16,17). The average molecular weight is 292 g/mol. The summed E-state index contributed by atoms with van der Waals surface area (Å²) in [5.74, 6) is 0.166. The van der Waals surface area contributed by atoms with Crippen LogP contribution in [0.5, 0.6) is 0 Å². The lowest BCUT2D eigenvalue weighted by molar-refractivity contribution is -0.137. The van der Waals surface area contributed by atoms with E-state index in [1.165, 1.54) is 17.8 Å². The zero-order valence-corrected chi connectivity index (χ0v) is 11.1. The summed E-state index contributed by atoms with van der Waals surface area (Å²) in [5.41, 5.74) is 4.57. The molecule has 1 rings (SSSR count). The smallest absolute Gasteiger partial charge is 0.396 e. The normalized spacial score (nSPS) is 13.3. The van der Waals surface area contributed by atoms with Gasteiger partial charge in [-0.3, -0.25) is 5.41 Å². The van der Waals surface area contributed by atoms with Gasteiger partial charge in [-0.05, 0) is 24.1 Å². The molecule has 0 saturated carbocycles. The van der Waals surface area contributed by atoms with Gasteiger partial charge in [0.2, 0.25) is 0 Å². The van der Waals surface area contributed by atoms with E-state index in [4.69, 9.17) is 16.2 Å². The molecule has 1 aromatic rings. The van der Waals surface area contributed by atoms with Gasteiger partial charge in [0.1, 0.15) is 5.84 Å². The Bertz CT molecular complexity index is 463. The van der Waals surface area contributed by atoms with Crippen LogP contribution in [-0.2, 0) is 6.18 Å². The number of hydrogen-bond donors (Lipinski definition) is 3. The highest BCUT2D eigenvalue weighted by molar-refractivity contribution is 7.99. The van der Waals surface area contributed by atoms with Crippen LogP contribution < -0.4 is 5.73 Å². The number of nitrogen functional groups attached to an aromatic ring is 1. The van der Waals surface area contributed by atoms with E-state index < -0.39 is 17.6 Å². The molecule has 0 radical (unpaired) electrons. The lowest BCUT2D eigenvalue weighted by atomic mass is 10.1. The Morgan fingerprint density at radius 2 is 2.11 bits per heavy atom. The first-order chi connectivity index (χ1) is 8.75. The number of amidine groups is 1. The molecule has 0 aliphatic heterocycles. The van der Waals surface area contributed by atoms with Crippen LogP contribution in [0, 0.1) is 11.3 Å². The molecule has 4 N–H and O–H groups in total. The predicted octanol–water partition coefficient (Wildman–Crippen LogP) is 2.71. The van der Waals surface area contributed by atoms with E-state index in [1.807, 2.05) is 6.92 Å². The minimum atomic E-state index is -4.45. The number of nitrogens with two attached hydrogens (primary N) is 1. The molecule has 0 aliphatic rings. The fourth-order valence-corrected chi connectivity index (χ4v) is 2.39. The summed E-state index contributed by atoms with van der Waals surface area (Å²) in [4.78, 5) is 0.515. The molecule has 0 aliphatic carbocycles. The van der Waals surface area contributed by atoms with E-state index in [2.05, 4.69) is 0 Å². The van der Waals surface area contributed by atoms with E-state index >= 15 is 0 Å². The lowest BCUT2D eigenvalue weighted by Crippen LogP contribution is -2.15. The number of benzene rings is 1. The van der Waals surface area contributed by atoms with Crippen LogP contribution >= 0.6 is 11.8 Å². The number of thioether (sulfide) groups is 1. The van der Waals surface area contributed by atoms with Crippen molar-refractivity contribution in [2.75, 3.05) is 12.4 Å². The number of halogens is 3. The Balaban J connectivity index is 3.02. The summed E-state index contributed by atoms with van der Waals surface area (Å²) in [5, 5.41) is 16.3. The summed E-state index contributed by atoms with van der Waals surface area (Å²) in [6.07, 6.45) is -4.45. The van der Waals surface area contributed by atoms with Crippen molar-refractivity contribution in [2.45, 2.75) is 18.0 Å². The third-order valence-electron chi connectivity index (χ3n) is 2.43. The number of rotatable bonds is 5. The fraction of sp³-hybridized carbons (Fsp3) is 0.417. The van der Waals surface area contributed by atoms with Gasteiger partial charge in [-0.2, -0.15) is 13.2 Å². The van der Waals surface area contributed by atoms with Gasteiger partial charge in [-0.1, -0.05) is 6.92 Å². The summed E-state index contributed by atoms with van der Waals surface area (Å²) < 4.78 is 37.7. The molecule has 0 bridgehead atoms. The van der Waals surface area contributed by atoms with Crippen molar-refractivity contribution < 1.29 is 18.3 Å². The van der Waals surface area contributed by atoms with Crippen molar-refractivity contribution in [1.82, 2.24) is 0 Å². The molecule has 7 heteroatoms. The third kappa shape index (κ3) is 4.43. The highest BCUT2D eigenvalue weighted by Gasteiger charge is 2.31. The molecule has 0 heterocycles. The van der Waals surface area contributed by atoms with Crippen molar-refractivity contribution in [1.29, 1.82) is 5.41 Å². The van der Waals surface area contributed by atoms with Crippen molar-refractivity contribution in [3.63, 3.8) is 0 Å². The number of hydrogen-bond acceptors (Lipinski definition) is 3. The van der Waals surface area contributed by atoms with E-state index in [9.17, 15) is 13.2 Å². The minimum Gasteiger partial charge on any atom is -0.396 e. The summed E-state index contributed by atoms with van der Waals surface area (Å²) in [6, 6.07) is 3.17. The van der Waals surface area contributed by atoms with Crippen molar-refractivity contribution in [2.24, 2.45) is 11.7 Å². The highest BCUT2D eigenvalue weighted by Crippen LogP contribution is 2.33. The molecule has 0 saturated heterocycles. The number of nitrogens with one attached hydrogen (secondary N) is 1. The maximum absolute atomic E-state index is 12.6. The Labute approximate surface area is 113 Å². The van der Waals surface area contributed by atoms with Crippen LogP contribution in [0.2, 0.25) is 0 Å². The molecule has 1 aromatic carbocycles. The van der Waals surface area contributed by atoms with Crippen LogP contribution in [-0.4, -0.2) is 23.3 Å². The average Bonchev–Trinajstić information content (AvgIpc) is 2.34. The number of alkyl halides is 3. The molecule has 0 spiro atoms. The summed E-state index contributed by atoms with van der Waals surface area (Å²) in [6.45, 7) is 1.83. The first kappa shape index (κ1) is 15.8. The van der Waals surface area contributed by atoms with Gasteiger partial charge in [-0.25, -0.2) is 0 Å². The topological polar surface area (TPSA) is 70.1 Å². The Morgan fingerprint density at radius 3 is 2.58 bits per heavy atom. The lowest BCUT2D eigenvalue weighted by Gasteiger charge is -2.13. The largest absolute Gasteiger partial charge is 0.416 e. The minimum absolute atomic E-state index is 0.00302. The van der Waals surface area contributed by atoms with E-state index in [0.29, 0.717) is 10.6 Å². The molecule has 1 atom stereocenters. The van der Waals surface area contributed by atoms with Crippen molar-refractivity contribution in [3.8, 4) is 0 Å². The molecule has 1 unspecified atom stereocenters. The maximum Gasteiger partial charge on any atom is 0.416 e. The van der Waals surface area contributed by atoms with Crippen LogP contribution in [0.3, 0.4) is 0 Å². The molecule has 0 fully saturated rings. The fourth-order valence-electron chi connectivity index (χ4n) is 1.33. The Morgan fingerprint density at radius 1 is 1.47 bits per heavy atom. The van der Waals surface area contributed by atoms with E-state index in [0.717, 1.165) is 12.1 Å². The van der Waals surface area contributed by atoms with Gasteiger partial charge >= 0.3 is 6.18 Å². The predicted molar refractivity (Wildman–Crippen MR) is 69.4 cm³/mol. The molecular weight excluding hydrogens is 277 g/mol. The van der Waals surface area contributed by atoms with E-state index in [1.54, 1.807) is 0 Å². The zero-order chi connectivity index (χ0) is 14.6. The molecule has 19 heavy (non-hydrogen) atoms. The van der Waals surface area contributed by atoms with Gasteiger partial charge in [0, 0.05) is 22.8 Å². The van der Waals surface area contributed by atoms with Crippen LogP contribution in [0.1, 0.15) is 18.1 Å². The molecule has 0 aromatic heterocycles. The van der Waals surface area contributed by atoms with E-state index in [-0.39, 0.29) is 18.1 Å². The second kappa shape index (κ2) is 6.29. The van der Waals surface area contributed by atoms with Gasteiger partial charge in [0.25, 0.3) is 0 Å². The van der Waals surface area contributed by atoms with Crippen LogP contribution in [0.25, 0.3) is 0 Å². The summed E-state index contributed by atoms with van der Waals surface area (Å²) >= 11 is 1.28. The first-order valence-corrected chi connectivity index (χ1v) is 6.53. The first-order valence-electron chi connectivity index (χ1n) is 5.55. The molecule has 3 nitrogen and oxygen atoms in total. The molecule has 106 valence electrons. The van der Waals surface area contributed by atoms with Gasteiger partial charge in [0.15, 0.2) is 0 Å². The molecule has 0 amide bonds. The van der Waals surface area contributed by atoms with Crippen molar-refractivity contribution >= 4 is 17.6 Å². The van der Waals surface area contributed by atoms with Crippen molar-refractivity contribution in [3.05, 3.63) is 29.3 Å². The van der Waals surface area contributed by atoms with Crippen LogP contribution in [0.4, 0.5) is 13.2 Å². The van der Waals surface area contributed by atoms with Gasteiger partial charge < -0.3 is 10.8 Å². The monoisotopic (exact) mass is 292 g/mol. The maximum atomic E-state index is 12.6. The second-order valence-electron chi connectivity index (χ2n) is 4.22. The third-order valence-corrected chi connectivity index (χ3v) is 3.83. The van der Waals surface area contributed by atoms with Crippen LogP contribution in [0.15, 0.2) is 23.1 Å². The molecular formula is C12H15F3N2OS. The van der Waals surface area contributed by atoms with Gasteiger partial charge in [-0.15, -0.1) is 11.8 Å². The zero-order valence-electron chi connectivity index (χ0n) is 10.3. The number of aliphatic hydroxyl groups is 1. The summed E-state index contributed by atoms with van der Waals surface area (Å²) in [7, 11) is 0. The Hall–Kier alpha value is -1.21. The number of aliphatic hydroxyl groups excluding tert-OH is 1. The SMILES string of the molecule is CC(CO)CSc1ccc(C(F)(F)F)cc1C(=N)N. The van der Waals surface area contributed by atoms with Gasteiger partial charge in [0.05, 0.1) is 5.56 Å². The Kier molecular flexibility index (Phi) is 5.25. The second-order valence-corrected chi connectivity index (χ2v) is 5.28. The quantitative estimate of drug-likeness (QED) is 0.444.